The lowest BCUT2D eigenvalue weighted by Crippen LogP contribution is -2.35. The molecule has 0 radical (unpaired) electrons. The maximum absolute atomic E-state index is 14.2. The maximum Gasteiger partial charge on any atom is 0.273 e. The van der Waals surface area contributed by atoms with Gasteiger partial charge < -0.3 is 19.7 Å². The van der Waals surface area contributed by atoms with Gasteiger partial charge in [-0.25, -0.2) is 14.4 Å². The van der Waals surface area contributed by atoms with Gasteiger partial charge in [0.05, 0.1) is 17.8 Å². The van der Waals surface area contributed by atoms with E-state index in [9.17, 15) is 14.3 Å². The first-order valence-corrected chi connectivity index (χ1v) is 12.0. The van der Waals surface area contributed by atoms with Gasteiger partial charge in [-0.1, -0.05) is 11.6 Å². The molecule has 0 saturated heterocycles. The van der Waals surface area contributed by atoms with Crippen molar-refractivity contribution in [3.63, 3.8) is 0 Å². The monoisotopic (exact) mass is 513 g/mol. The van der Waals surface area contributed by atoms with Gasteiger partial charge in [-0.15, -0.1) is 0 Å². The number of rotatable bonds is 6. The molecule has 0 aliphatic carbocycles. The molecule has 2 atom stereocenters. The van der Waals surface area contributed by atoms with Crippen molar-refractivity contribution in [2.24, 2.45) is 0 Å². The van der Waals surface area contributed by atoms with Crippen LogP contribution in [0.25, 0.3) is 0 Å². The number of aryl methyl sites for hydroxylation is 2. The van der Waals surface area contributed by atoms with E-state index in [1.54, 1.807) is 56.8 Å². The number of ether oxygens (including phenoxy) is 1. The smallest absolute Gasteiger partial charge is 0.273 e. The van der Waals surface area contributed by atoms with Crippen LogP contribution in [-0.4, -0.2) is 24.6 Å². The van der Waals surface area contributed by atoms with Gasteiger partial charge in [0.1, 0.15) is 34.5 Å². The fourth-order valence-corrected chi connectivity index (χ4v) is 4.38. The molecule has 0 unspecified atom stereocenters. The fraction of sp³-hybridized carbons (Fsp3) is 0.385. The molecule has 4 rings (SSSR count). The Morgan fingerprint density at radius 3 is 2.72 bits per heavy atom. The van der Waals surface area contributed by atoms with Gasteiger partial charge in [0.15, 0.2) is 5.82 Å². The number of pyridine rings is 2. The van der Waals surface area contributed by atoms with E-state index in [1.807, 2.05) is 13.1 Å². The minimum Gasteiger partial charge on any atom is -0.485 e. The highest BCUT2D eigenvalue weighted by Gasteiger charge is 2.29. The first kappa shape index (κ1) is 25.8. The molecule has 190 valence electrons. The average Bonchev–Trinajstić information content (AvgIpc) is 2.82. The van der Waals surface area contributed by atoms with Gasteiger partial charge >= 0.3 is 0 Å². The van der Waals surface area contributed by atoms with Crippen molar-refractivity contribution in [2.45, 2.75) is 65.3 Å². The summed E-state index contributed by atoms with van der Waals surface area (Å²) in [5.74, 6) is 0.0205. The van der Waals surface area contributed by atoms with Gasteiger partial charge in [-0.05, 0) is 70.5 Å². The summed E-state index contributed by atoms with van der Waals surface area (Å²) in [4.78, 5) is 26.1. The van der Waals surface area contributed by atoms with E-state index in [1.165, 1.54) is 6.07 Å². The van der Waals surface area contributed by atoms with Crippen molar-refractivity contribution in [2.75, 3.05) is 0 Å². The molecule has 0 spiro atoms. The van der Waals surface area contributed by atoms with Gasteiger partial charge in [-0.2, -0.15) is 0 Å². The molecule has 3 aromatic heterocycles. The number of aliphatic hydroxyl groups is 1. The Hall–Kier alpha value is -3.30. The zero-order valence-electron chi connectivity index (χ0n) is 20.8. The standard InChI is InChI=1S/C26H29ClFN5O3/c1-14-8-17(28)20(30-11-14)13-36-22-9-16(3)33(24(34)23(22)27)21-10-19(31-12-15(21)2)18-6-7-29-25(32-18)26(4,5)35/h6-9,11-12,19,21,31,35H,10,13H2,1-5H3/t19-,21-/m1/s1. The van der Waals surface area contributed by atoms with Gasteiger partial charge in [0.2, 0.25) is 0 Å². The molecule has 0 fully saturated rings. The minimum atomic E-state index is -1.18. The normalized spacial score (nSPS) is 17.9. The highest BCUT2D eigenvalue weighted by Crippen LogP contribution is 2.34. The number of nitrogens with zero attached hydrogens (tertiary/aromatic N) is 4. The molecule has 8 nitrogen and oxygen atoms in total. The van der Waals surface area contributed by atoms with Gasteiger partial charge in [0.25, 0.3) is 5.56 Å². The third-order valence-corrected chi connectivity index (χ3v) is 6.50. The quantitative estimate of drug-likeness (QED) is 0.502. The lowest BCUT2D eigenvalue weighted by Gasteiger charge is -2.32. The molecule has 0 saturated carbocycles. The number of allylic oxidation sites excluding steroid dienone is 1. The summed E-state index contributed by atoms with van der Waals surface area (Å²) in [6, 6.07) is 4.35. The van der Waals surface area contributed by atoms with Crippen molar-refractivity contribution in [3.05, 3.63) is 92.0 Å². The lowest BCUT2D eigenvalue weighted by molar-refractivity contribution is 0.0682. The molecule has 3 aromatic rings. The molecular formula is C26H29ClFN5O3. The van der Waals surface area contributed by atoms with E-state index in [4.69, 9.17) is 16.3 Å². The lowest BCUT2D eigenvalue weighted by atomic mass is 9.94. The van der Waals surface area contributed by atoms with Crippen LogP contribution in [0.5, 0.6) is 5.75 Å². The van der Waals surface area contributed by atoms with Crippen LogP contribution >= 0.6 is 11.6 Å². The van der Waals surface area contributed by atoms with Crippen LogP contribution in [0.1, 0.15) is 67.7 Å². The Morgan fingerprint density at radius 2 is 2.03 bits per heavy atom. The third kappa shape index (κ3) is 5.27. The molecule has 10 heteroatoms. The number of aromatic nitrogens is 4. The number of nitrogens with one attached hydrogen (secondary N) is 1. The Morgan fingerprint density at radius 1 is 1.28 bits per heavy atom. The Balaban J connectivity index is 1.61. The SMILES string of the molecule is CC1=CN[C@@H](c2ccnc(C(C)(C)O)n2)C[C@H]1n1c(C)cc(OCc2ncc(C)cc2F)c(Cl)c1=O. The summed E-state index contributed by atoms with van der Waals surface area (Å²) in [6.45, 7) is 8.60. The second-order valence-corrected chi connectivity index (χ2v) is 9.97. The molecule has 0 bridgehead atoms. The summed E-state index contributed by atoms with van der Waals surface area (Å²) in [5.41, 5.74) is 1.56. The van der Waals surface area contributed by atoms with Gasteiger partial charge in [0, 0.05) is 24.2 Å². The Labute approximate surface area is 213 Å². The average molecular weight is 514 g/mol. The summed E-state index contributed by atoms with van der Waals surface area (Å²) >= 11 is 6.44. The van der Waals surface area contributed by atoms with Crippen molar-refractivity contribution in [3.8, 4) is 5.75 Å². The fourth-order valence-electron chi connectivity index (χ4n) is 4.18. The third-order valence-electron chi connectivity index (χ3n) is 6.15. The largest absolute Gasteiger partial charge is 0.485 e. The van der Waals surface area contributed by atoms with Crippen LogP contribution in [0.2, 0.25) is 5.02 Å². The number of halogens is 2. The predicted molar refractivity (Wildman–Crippen MR) is 134 cm³/mol. The Bertz CT molecular complexity index is 1380. The molecule has 2 N–H and O–H groups in total. The van der Waals surface area contributed by atoms with Crippen LogP contribution in [0.4, 0.5) is 4.39 Å². The minimum absolute atomic E-state index is 0.0812. The van der Waals surface area contributed by atoms with Crippen LogP contribution in [0.3, 0.4) is 0 Å². The molecule has 36 heavy (non-hydrogen) atoms. The summed E-state index contributed by atoms with van der Waals surface area (Å²) in [7, 11) is 0. The molecule has 4 heterocycles. The topological polar surface area (TPSA) is 102 Å². The summed E-state index contributed by atoms with van der Waals surface area (Å²) in [5, 5.41) is 13.5. The summed E-state index contributed by atoms with van der Waals surface area (Å²) < 4.78 is 21.5. The van der Waals surface area contributed by atoms with Crippen LogP contribution in [0, 0.1) is 19.7 Å². The number of hydrogen-bond acceptors (Lipinski definition) is 7. The van der Waals surface area contributed by atoms with Crippen LogP contribution < -0.4 is 15.6 Å². The molecule has 0 aromatic carbocycles. The van der Waals surface area contributed by atoms with E-state index in [2.05, 4.69) is 20.3 Å². The second-order valence-electron chi connectivity index (χ2n) is 9.59. The molecule has 0 amide bonds. The Kier molecular flexibility index (Phi) is 7.15. The predicted octanol–water partition coefficient (Wildman–Crippen LogP) is 4.43. The molecule has 1 aliphatic heterocycles. The zero-order chi connectivity index (χ0) is 26.2. The molecule has 1 aliphatic rings. The van der Waals surface area contributed by atoms with E-state index in [-0.39, 0.29) is 35.2 Å². The first-order chi connectivity index (χ1) is 17.0. The van der Waals surface area contributed by atoms with Crippen molar-refractivity contribution in [1.82, 2.24) is 24.8 Å². The van der Waals surface area contributed by atoms with Crippen molar-refractivity contribution in [1.29, 1.82) is 0 Å². The first-order valence-electron chi connectivity index (χ1n) is 11.6. The van der Waals surface area contributed by atoms with E-state index >= 15 is 0 Å². The maximum atomic E-state index is 14.2. The van der Waals surface area contributed by atoms with E-state index in [0.717, 1.165) is 5.57 Å². The second kappa shape index (κ2) is 9.99. The molecular weight excluding hydrogens is 485 g/mol. The zero-order valence-corrected chi connectivity index (χ0v) is 21.6. The van der Waals surface area contributed by atoms with E-state index < -0.39 is 17.0 Å². The van der Waals surface area contributed by atoms with Crippen molar-refractivity contribution < 1.29 is 14.2 Å². The van der Waals surface area contributed by atoms with Gasteiger partial charge in [-0.3, -0.25) is 9.78 Å². The highest BCUT2D eigenvalue weighted by molar-refractivity contribution is 6.31. The van der Waals surface area contributed by atoms with Crippen LogP contribution in [-0.2, 0) is 12.2 Å². The van der Waals surface area contributed by atoms with Crippen LogP contribution in [0.15, 0.2) is 47.2 Å². The highest BCUT2D eigenvalue weighted by atomic mass is 35.5. The van der Waals surface area contributed by atoms with Crippen molar-refractivity contribution >= 4 is 11.6 Å². The van der Waals surface area contributed by atoms with E-state index in [0.29, 0.717) is 29.2 Å². The summed E-state index contributed by atoms with van der Waals surface area (Å²) in [6.07, 6.45) is 5.56. The number of hydrogen-bond donors (Lipinski definition) is 2.